The molecule has 1 rings (SSSR count). The fourth-order valence-electron chi connectivity index (χ4n) is 0.534. The molecule has 0 bridgehead atoms. The van der Waals surface area contributed by atoms with Gasteiger partial charge < -0.3 is 15.5 Å². The quantitative estimate of drug-likeness (QED) is 0.251. The largest absolute Gasteiger partial charge is 0.409 e. The minimum absolute atomic E-state index is 0.0689. The average Bonchev–Trinajstić information content (AvgIpc) is 2.34. The number of aryl methyl sites for hydroxylation is 1. The molecular formula is C5H7N3O2. The van der Waals surface area contributed by atoms with Gasteiger partial charge in [0.2, 0.25) is 11.6 Å². The van der Waals surface area contributed by atoms with Gasteiger partial charge in [-0.05, 0) is 6.92 Å². The molecule has 10 heavy (non-hydrogen) atoms. The van der Waals surface area contributed by atoms with Gasteiger partial charge in [-0.2, -0.15) is 0 Å². The van der Waals surface area contributed by atoms with Gasteiger partial charge in [0.15, 0.2) is 0 Å². The van der Waals surface area contributed by atoms with Crippen molar-refractivity contribution in [3.05, 3.63) is 17.5 Å². The molecule has 0 aromatic carbocycles. The molecule has 1 aromatic heterocycles. The van der Waals surface area contributed by atoms with Crippen molar-refractivity contribution in [1.29, 1.82) is 0 Å². The highest BCUT2D eigenvalue weighted by atomic mass is 16.5. The lowest BCUT2D eigenvalue weighted by atomic mass is 10.4. The van der Waals surface area contributed by atoms with Crippen molar-refractivity contribution in [3.63, 3.8) is 0 Å². The number of rotatable bonds is 1. The van der Waals surface area contributed by atoms with Gasteiger partial charge in [-0.3, -0.25) is 0 Å². The Balaban J connectivity index is 2.95. The fraction of sp³-hybridized carbons (Fsp3) is 0.200. The number of hydrogen-bond acceptors (Lipinski definition) is 4. The highest BCUT2D eigenvalue weighted by Gasteiger charge is 2.03. The van der Waals surface area contributed by atoms with E-state index in [0.717, 1.165) is 0 Å². The van der Waals surface area contributed by atoms with Crippen molar-refractivity contribution < 1.29 is 9.73 Å². The van der Waals surface area contributed by atoms with Crippen LogP contribution in [0.5, 0.6) is 0 Å². The standard InChI is InChI=1S/C5H7N3O2/c1-3-2-4(10-8-3)5(6)7-9/h2,9H,1H3,(H2,6,7). The predicted molar refractivity (Wildman–Crippen MR) is 33.8 cm³/mol. The Morgan fingerprint density at radius 2 is 2.60 bits per heavy atom. The summed E-state index contributed by atoms with van der Waals surface area (Å²) in [6.07, 6.45) is 0. The third kappa shape index (κ3) is 1.07. The van der Waals surface area contributed by atoms with Crippen molar-refractivity contribution in [2.75, 3.05) is 0 Å². The smallest absolute Gasteiger partial charge is 0.208 e. The summed E-state index contributed by atoms with van der Waals surface area (Å²) in [4.78, 5) is 0. The molecule has 0 aliphatic carbocycles. The van der Waals surface area contributed by atoms with Crippen molar-refractivity contribution in [2.45, 2.75) is 6.92 Å². The van der Waals surface area contributed by atoms with E-state index in [2.05, 4.69) is 14.8 Å². The Hall–Kier alpha value is -1.52. The maximum absolute atomic E-state index is 8.17. The highest BCUT2D eigenvalue weighted by molar-refractivity contribution is 5.94. The molecule has 0 saturated carbocycles. The Morgan fingerprint density at radius 3 is 3.00 bits per heavy atom. The zero-order chi connectivity index (χ0) is 7.56. The third-order valence-electron chi connectivity index (χ3n) is 0.988. The van der Waals surface area contributed by atoms with E-state index in [4.69, 9.17) is 10.9 Å². The summed E-state index contributed by atoms with van der Waals surface area (Å²) in [5.74, 6) is 0.209. The second-order valence-electron chi connectivity index (χ2n) is 1.82. The number of amidine groups is 1. The normalized spacial score (nSPS) is 11.9. The SMILES string of the molecule is Cc1cc(/C(N)=N/O)on1. The summed E-state index contributed by atoms with van der Waals surface area (Å²) in [7, 11) is 0. The molecule has 3 N–H and O–H groups in total. The lowest BCUT2D eigenvalue weighted by Crippen LogP contribution is -2.11. The third-order valence-corrected chi connectivity index (χ3v) is 0.988. The molecule has 0 aliphatic heterocycles. The Bertz CT molecular complexity index is 253. The summed E-state index contributed by atoms with van der Waals surface area (Å²) < 4.78 is 4.65. The maximum atomic E-state index is 8.17. The lowest BCUT2D eigenvalue weighted by molar-refractivity contribution is 0.315. The van der Waals surface area contributed by atoms with Crippen LogP contribution in [0, 0.1) is 6.92 Å². The number of oxime groups is 1. The molecule has 0 spiro atoms. The van der Waals surface area contributed by atoms with Gasteiger partial charge in [0.25, 0.3) is 0 Å². The maximum Gasteiger partial charge on any atom is 0.208 e. The van der Waals surface area contributed by atoms with Gasteiger partial charge in [0.05, 0.1) is 5.69 Å². The van der Waals surface area contributed by atoms with Crippen LogP contribution in [-0.4, -0.2) is 16.2 Å². The number of nitrogens with zero attached hydrogens (tertiary/aromatic N) is 2. The van der Waals surface area contributed by atoms with E-state index in [1.165, 1.54) is 0 Å². The first-order valence-corrected chi connectivity index (χ1v) is 2.65. The van der Waals surface area contributed by atoms with E-state index in [1.807, 2.05) is 0 Å². The zero-order valence-electron chi connectivity index (χ0n) is 5.40. The number of aromatic nitrogens is 1. The monoisotopic (exact) mass is 141 g/mol. The van der Waals surface area contributed by atoms with E-state index < -0.39 is 0 Å². The van der Waals surface area contributed by atoms with Crippen LogP contribution in [0.1, 0.15) is 11.5 Å². The first-order chi connectivity index (χ1) is 4.74. The Labute approximate surface area is 57.1 Å². The van der Waals surface area contributed by atoms with E-state index in [0.29, 0.717) is 5.69 Å². The van der Waals surface area contributed by atoms with Crippen LogP contribution in [-0.2, 0) is 0 Å². The fourth-order valence-corrected chi connectivity index (χ4v) is 0.534. The summed E-state index contributed by atoms with van der Waals surface area (Å²) >= 11 is 0. The van der Waals surface area contributed by atoms with Crippen LogP contribution in [0.25, 0.3) is 0 Å². The summed E-state index contributed by atoms with van der Waals surface area (Å²) in [5, 5.41) is 14.4. The van der Waals surface area contributed by atoms with E-state index in [-0.39, 0.29) is 11.6 Å². The van der Waals surface area contributed by atoms with Gasteiger partial charge in [-0.15, -0.1) is 0 Å². The second kappa shape index (κ2) is 2.38. The minimum atomic E-state index is -0.0689. The van der Waals surface area contributed by atoms with E-state index >= 15 is 0 Å². The van der Waals surface area contributed by atoms with Gasteiger partial charge >= 0.3 is 0 Å². The number of nitrogens with two attached hydrogens (primary N) is 1. The van der Waals surface area contributed by atoms with Crippen LogP contribution in [0.4, 0.5) is 0 Å². The van der Waals surface area contributed by atoms with Crippen molar-refractivity contribution in [1.82, 2.24) is 5.16 Å². The Kier molecular flexibility index (Phi) is 1.57. The lowest BCUT2D eigenvalue weighted by Gasteiger charge is -1.85. The van der Waals surface area contributed by atoms with E-state index in [1.54, 1.807) is 13.0 Å². The molecule has 0 aliphatic rings. The Morgan fingerprint density at radius 1 is 1.90 bits per heavy atom. The first kappa shape index (κ1) is 6.60. The molecule has 0 radical (unpaired) electrons. The van der Waals surface area contributed by atoms with Gasteiger partial charge in [-0.1, -0.05) is 10.3 Å². The summed E-state index contributed by atoms with van der Waals surface area (Å²) in [5.41, 5.74) is 5.87. The second-order valence-corrected chi connectivity index (χ2v) is 1.82. The van der Waals surface area contributed by atoms with Crippen molar-refractivity contribution >= 4 is 5.84 Å². The molecule has 0 atom stereocenters. The van der Waals surface area contributed by atoms with Crippen LogP contribution in [0.2, 0.25) is 0 Å². The molecule has 0 saturated heterocycles. The summed E-state index contributed by atoms with van der Waals surface area (Å²) in [6.45, 7) is 1.75. The predicted octanol–water partition coefficient (Wildman–Crippen LogP) is 0.0775. The highest BCUT2D eigenvalue weighted by Crippen LogP contribution is 2.00. The van der Waals surface area contributed by atoms with Crippen LogP contribution >= 0.6 is 0 Å². The van der Waals surface area contributed by atoms with Crippen molar-refractivity contribution in [3.8, 4) is 0 Å². The van der Waals surface area contributed by atoms with Gasteiger partial charge in [-0.25, -0.2) is 0 Å². The van der Waals surface area contributed by atoms with Crippen LogP contribution in [0.15, 0.2) is 15.7 Å². The van der Waals surface area contributed by atoms with Gasteiger partial charge in [0, 0.05) is 6.07 Å². The molecule has 0 amide bonds. The zero-order valence-corrected chi connectivity index (χ0v) is 5.40. The molecule has 5 nitrogen and oxygen atoms in total. The first-order valence-electron chi connectivity index (χ1n) is 2.65. The molecular weight excluding hydrogens is 134 g/mol. The topological polar surface area (TPSA) is 84.6 Å². The molecule has 0 fully saturated rings. The van der Waals surface area contributed by atoms with Crippen LogP contribution in [0.3, 0.4) is 0 Å². The molecule has 5 heteroatoms. The van der Waals surface area contributed by atoms with E-state index in [9.17, 15) is 0 Å². The van der Waals surface area contributed by atoms with Gasteiger partial charge in [0.1, 0.15) is 0 Å². The molecule has 0 unspecified atom stereocenters. The number of hydrogen-bond donors (Lipinski definition) is 2. The molecule has 1 aromatic rings. The molecule has 1 heterocycles. The van der Waals surface area contributed by atoms with Crippen LogP contribution < -0.4 is 5.73 Å². The average molecular weight is 141 g/mol. The minimum Gasteiger partial charge on any atom is -0.409 e. The molecule has 54 valence electrons. The van der Waals surface area contributed by atoms with Crippen molar-refractivity contribution in [2.24, 2.45) is 10.9 Å². The summed E-state index contributed by atoms with van der Waals surface area (Å²) in [6, 6.07) is 1.58.